The van der Waals surface area contributed by atoms with Gasteiger partial charge in [0.05, 0.1) is 23.2 Å². The summed E-state index contributed by atoms with van der Waals surface area (Å²) in [6.07, 6.45) is 3.71. The van der Waals surface area contributed by atoms with Crippen LogP contribution in [-0.2, 0) is 4.79 Å². The Balaban J connectivity index is 1.31. The molecular formula is C19H15N5O3S2. The SMILES string of the molecule is O=C(CSc1n[nH]c(-c2cccs2)n1)N1N=C(c2ccco2)C[C@@H]1c1ccco1. The van der Waals surface area contributed by atoms with Gasteiger partial charge in [-0.3, -0.25) is 9.89 Å². The van der Waals surface area contributed by atoms with Crippen molar-refractivity contribution in [1.29, 1.82) is 0 Å². The highest BCUT2D eigenvalue weighted by Crippen LogP contribution is 2.34. The quantitative estimate of drug-likeness (QED) is 0.465. The number of rotatable bonds is 6. The summed E-state index contributed by atoms with van der Waals surface area (Å²) in [7, 11) is 0. The van der Waals surface area contributed by atoms with Crippen LogP contribution in [0.4, 0.5) is 0 Å². The highest BCUT2D eigenvalue weighted by Gasteiger charge is 2.35. The average Bonchev–Trinajstić information content (AvgIpc) is 3.56. The lowest BCUT2D eigenvalue weighted by Gasteiger charge is -2.19. The van der Waals surface area contributed by atoms with Crippen LogP contribution in [0.15, 0.2) is 73.4 Å². The highest BCUT2D eigenvalue weighted by atomic mass is 32.2. The van der Waals surface area contributed by atoms with Crippen molar-refractivity contribution >= 4 is 34.7 Å². The van der Waals surface area contributed by atoms with Crippen LogP contribution in [0, 0.1) is 0 Å². The smallest absolute Gasteiger partial charge is 0.253 e. The van der Waals surface area contributed by atoms with Gasteiger partial charge in [-0.05, 0) is 35.7 Å². The summed E-state index contributed by atoms with van der Waals surface area (Å²) < 4.78 is 11.0. The number of H-pyrrole nitrogens is 1. The number of furan rings is 2. The molecule has 1 N–H and O–H groups in total. The molecule has 5 heterocycles. The molecule has 4 aromatic rings. The number of hydrazone groups is 1. The topological polar surface area (TPSA) is 101 Å². The van der Waals surface area contributed by atoms with Crippen molar-refractivity contribution in [1.82, 2.24) is 20.2 Å². The van der Waals surface area contributed by atoms with Gasteiger partial charge in [0.25, 0.3) is 5.91 Å². The first kappa shape index (κ1) is 18.0. The number of thiophene rings is 1. The lowest BCUT2D eigenvalue weighted by molar-refractivity contribution is -0.130. The summed E-state index contributed by atoms with van der Waals surface area (Å²) in [5, 5.41) is 15.6. The maximum absolute atomic E-state index is 12.9. The van der Waals surface area contributed by atoms with Crippen molar-refractivity contribution in [3.63, 3.8) is 0 Å². The number of thioether (sulfide) groups is 1. The van der Waals surface area contributed by atoms with Gasteiger partial charge in [-0.2, -0.15) is 5.10 Å². The van der Waals surface area contributed by atoms with Gasteiger partial charge in [-0.25, -0.2) is 9.99 Å². The van der Waals surface area contributed by atoms with E-state index in [2.05, 4.69) is 20.3 Å². The molecule has 0 fully saturated rings. The summed E-state index contributed by atoms with van der Waals surface area (Å²) in [4.78, 5) is 18.4. The van der Waals surface area contributed by atoms with Crippen molar-refractivity contribution < 1.29 is 13.6 Å². The fraction of sp³-hybridized carbons (Fsp3) is 0.158. The van der Waals surface area contributed by atoms with Gasteiger partial charge in [0.2, 0.25) is 5.16 Å². The van der Waals surface area contributed by atoms with Crippen LogP contribution in [-0.4, -0.2) is 37.6 Å². The fourth-order valence-electron chi connectivity index (χ4n) is 3.06. The maximum Gasteiger partial charge on any atom is 0.253 e. The van der Waals surface area contributed by atoms with E-state index < -0.39 is 0 Å². The number of hydrogen-bond donors (Lipinski definition) is 1. The number of nitrogens with zero attached hydrogens (tertiary/aromatic N) is 4. The molecule has 1 aliphatic rings. The molecule has 10 heteroatoms. The Kier molecular flexibility index (Phi) is 4.78. The van der Waals surface area contributed by atoms with E-state index in [-0.39, 0.29) is 17.7 Å². The summed E-state index contributed by atoms with van der Waals surface area (Å²) in [6.45, 7) is 0. The molecule has 0 bridgehead atoms. The van der Waals surface area contributed by atoms with Gasteiger partial charge in [0.15, 0.2) is 5.82 Å². The van der Waals surface area contributed by atoms with E-state index in [1.807, 2.05) is 29.6 Å². The number of aromatic nitrogens is 3. The Labute approximate surface area is 173 Å². The largest absolute Gasteiger partial charge is 0.467 e. The van der Waals surface area contributed by atoms with Crippen LogP contribution in [0.1, 0.15) is 24.0 Å². The molecule has 0 saturated heterocycles. The number of aromatic amines is 1. The molecule has 0 unspecified atom stereocenters. The number of amides is 1. The first-order valence-electron chi connectivity index (χ1n) is 8.84. The Morgan fingerprint density at radius 2 is 2.14 bits per heavy atom. The molecular weight excluding hydrogens is 410 g/mol. The third-order valence-electron chi connectivity index (χ3n) is 4.39. The molecule has 8 nitrogen and oxygen atoms in total. The highest BCUT2D eigenvalue weighted by molar-refractivity contribution is 7.99. The van der Waals surface area contributed by atoms with Crippen LogP contribution in [0.2, 0.25) is 0 Å². The van der Waals surface area contributed by atoms with Crippen molar-refractivity contribution in [3.05, 3.63) is 65.8 Å². The van der Waals surface area contributed by atoms with Crippen molar-refractivity contribution in [2.45, 2.75) is 17.6 Å². The van der Waals surface area contributed by atoms with Gasteiger partial charge in [0.1, 0.15) is 23.3 Å². The number of carbonyl (C=O) groups excluding carboxylic acids is 1. The molecule has 0 saturated carbocycles. The van der Waals surface area contributed by atoms with Crippen LogP contribution in [0.3, 0.4) is 0 Å². The van der Waals surface area contributed by atoms with Gasteiger partial charge < -0.3 is 8.83 Å². The molecule has 4 aromatic heterocycles. The van der Waals surface area contributed by atoms with E-state index in [0.29, 0.717) is 34.6 Å². The zero-order chi connectivity index (χ0) is 19.6. The zero-order valence-corrected chi connectivity index (χ0v) is 16.7. The Morgan fingerprint density at radius 3 is 2.90 bits per heavy atom. The van der Waals surface area contributed by atoms with Gasteiger partial charge in [-0.15, -0.1) is 16.4 Å². The van der Waals surface area contributed by atoms with Gasteiger partial charge >= 0.3 is 0 Å². The second-order valence-corrected chi connectivity index (χ2v) is 8.12. The molecule has 1 atom stereocenters. The second kappa shape index (κ2) is 7.72. The minimum absolute atomic E-state index is 0.152. The molecule has 0 aliphatic carbocycles. The Bertz CT molecular complexity index is 1120. The van der Waals surface area contributed by atoms with Gasteiger partial charge in [-0.1, -0.05) is 17.8 Å². The van der Waals surface area contributed by atoms with Crippen LogP contribution >= 0.6 is 23.1 Å². The molecule has 0 aromatic carbocycles. The van der Waals surface area contributed by atoms with Gasteiger partial charge in [0, 0.05) is 6.42 Å². The number of hydrogen-bond acceptors (Lipinski definition) is 8. The molecule has 29 heavy (non-hydrogen) atoms. The normalized spacial score (nSPS) is 16.3. The fourth-order valence-corrected chi connectivity index (χ4v) is 4.38. The van der Waals surface area contributed by atoms with Crippen molar-refractivity contribution in [2.75, 3.05) is 5.75 Å². The maximum atomic E-state index is 12.9. The lowest BCUT2D eigenvalue weighted by atomic mass is 10.1. The van der Waals surface area contributed by atoms with E-state index in [4.69, 9.17) is 8.83 Å². The minimum atomic E-state index is -0.299. The van der Waals surface area contributed by atoms with E-state index >= 15 is 0 Å². The molecule has 0 radical (unpaired) electrons. The molecule has 1 aliphatic heterocycles. The average molecular weight is 425 g/mol. The monoisotopic (exact) mass is 425 g/mol. The van der Waals surface area contributed by atoms with E-state index in [1.54, 1.807) is 36.0 Å². The van der Waals surface area contributed by atoms with Crippen molar-refractivity contribution in [3.8, 4) is 10.7 Å². The first-order valence-corrected chi connectivity index (χ1v) is 10.7. The molecule has 0 spiro atoms. The molecule has 5 rings (SSSR count). The summed E-state index contributed by atoms with van der Waals surface area (Å²) in [6, 6.07) is 10.9. The molecule has 146 valence electrons. The third kappa shape index (κ3) is 3.64. The van der Waals surface area contributed by atoms with E-state index in [9.17, 15) is 4.79 Å². The van der Waals surface area contributed by atoms with E-state index in [1.165, 1.54) is 16.8 Å². The van der Waals surface area contributed by atoms with Crippen LogP contribution < -0.4 is 0 Å². The third-order valence-corrected chi connectivity index (χ3v) is 6.10. The molecule has 1 amide bonds. The summed E-state index contributed by atoms with van der Waals surface area (Å²) in [5.41, 5.74) is 0.715. The first-order chi connectivity index (χ1) is 14.3. The standard InChI is InChI=1S/C19H15N5O3S2/c25-17(11-29-19-20-18(21-22-19)16-6-3-9-28-16)24-13(15-5-2-8-27-15)10-12(23-24)14-4-1-7-26-14/h1-9,13H,10-11H2,(H,20,21,22)/t13-/m1/s1. The number of nitrogens with one attached hydrogen (secondary N) is 1. The Hall–Kier alpha value is -3.11. The predicted octanol–water partition coefficient (Wildman–Crippen LogP) is 4.19. The second-order valence-electron chi connectivity index (χ2n) is 6.23. The minimum Gasteiger partial charge on any atom is -0.467 e. The summed E-state index contributed by atoms with van der Waals surface area (Å²) >= 11 is 2.84. The number of carbonyl (C=O) groups is 1. The summed E-state index contributed by atoms with van der Waals surface area (Å²) in [5.74, 6) is 2.04. The predicted molar refractivity (Wildman–Crippen MR) is 109 cm³/mol. The zero-order valence-electron chi connectivity index (χ0n) is 15.0. The van der Waals surface area contributed by atoms with Crippen LogP contribution in [0.5, 0.6) is 0 Å². The van der Waals surface area contributed by atoms with E-state index in [0.717, 1.165) is 4.88 Å². The van der Waals surface area contributed by atoms with Crippen molar-refractivity contribution in [2.24, 2.45) is 5.10 Å². The van der Waals surface area contributed by atoms with Crippen LogP contribution in [0.25, 0.3) is 10.7 Å². The lowest BCUT2D eigenvalue weighted by Crippen LogP contribution is -2.28. The Morgan fingerprint density at radius 1 is 1.24 bits per heavy atom.